The molecule has 1 amide bonds. The van der Waals surface area contributed by atoms with E-state index in [1.54, 1.807) is 7.11 Å². The summed E-state index contributed by atoms with van der Waals surface area (Å²) in [5, 5.41) is 6.26. The Morgan fingerprint density at radius 3 is 3.00 bits per heavy atom. The normalized spacial score (nSPS) is 18.1. The zero-order valence-corrected chi connectivity index (χ0v) is 12.8. The van der Waals surface area contributed by atoms with E-state index in [0.717, 1.165) is 18.7 Å². The number of amides is 1. The first-order valence-corrected chi connectivity index (χ1v) is 7.44. The number of hydrogen-bond donors (Lipinski definition) is 2. The minimum atomic E-state index is -0.0943. The van der Waals surface area contributed by atoms with Gasteiger partial charge in [0.1, 0.15) is 0 Å². The van der Waals surface area contributed by atoms with Crippen molar-refractivity contribution in [1.82, 2.24) is 10.6 Å². The Kier molecular flexibility index (Phi) is 5.87. The molecule has 1 heterocycles. The van der Waals surface area contributed by atoms with Gasteiger partial charge in [-0.15, -0.1) is 0 Å². The zero-order valence-electron chi connectivity index (χ0n) is 12.8. The molecule has 2 N–H and O–H groups in total. The third-order valence-corrected chi connectivity index (χ3v) is 3.66. The number of hydrogen-bond acceptors (Lipinski definition) is 4. The Balaban J connectivity index is 1.75. The molecule has 0 saturated carbocycles. The van der Waals surface area contributed by atoms with Crippen LogP contribution in [0.3, 0.4) is 0 Å². The number of aryl methyl sites for hydroxylation is 1. The molecule has 21 heavy (non-hydrogen) atoms. The summed E-state index contributed by atoms with van der Waals surface area (Å²) < 4.78 is 10.8. The Morgan fingerprint density at radius 2 is 2.29 bits per heavy atom. The third-order valence-electron chi connectivity index (χ3n) is 3.66. The number of carbonyl (C=O) groups is 1. The molecule has 2 rings (SSSR count). The van der Waals surface area contributed by atoms with E-state index in [0.29, 0.717) is 24.0 Å². The second-order valence-electron chi connectivity index (χ2n) is 5.46. The van der Waals surface area contributed by atoms with Gasteiger partial charge in [-0.3, -0.25) is 4.79 Å². The van der Waals surface area contributed by atoms with Gasteiger partial charge in [0.05, 0.1) is 7.11 Å². The summed E-state index contributed by atoms with van der Waals surface area (Å²) in [7, 11) is 1.60. The van der Waals surface area contributed by atoms with Gasteiger partial charge >= 0.3 is 0 Å². The maximum Gasteiger partial charge on any atom is 0.257 e. The molecule has 0 aromatic heterocycles. The summed E-state index contributed by atoms with van der Waals surface area (Å²) in [6.07, 6.45) is 2.34. The largest absolute Gasteiger partial charge is 0.493 e. The summed E-state index contributed by atoms with van der Waals surface area (Å²) in [5.74, 6) is 1.68. The maximum absolute atomic E-state index is 11.8. The van der Waals surface area contributed by atoms with E-state index >= 15 is 0 Å². The lowest BCUT2D eigenvalue weighted by atomic mass is 10.00. The molecule has 1 aromatic rings. The van der Waals surface area contributed by atoms with Crippen LogP contribution in [-0.2, 0) is 4.79 Å². The molecule has 1 saturated heterocycles. The molecule has 1 aromatic carbocycles. The lowest BCUT2D eigenvalue weighted by molar-refractivity contribution is -0.123. The number of piperidine rings is 1. The average Bonchev–Trinajstić information content (AvgIpc) is 2.52. The molecular formula is C16H24N2O3. The number of methoxy groups -OCH3 is 1. The fourth-order valence-electron chi connectivity index (χ4n) is 2.44. The lowest BCUT2D eigenvalue weighted by Gasteiger charge is -2.22. The fraction of sp³-hybridized carbons (Fsp3) is 0.562. The van der Waals surface area contributed by atoms with Crippen LogP contribution >= 0.6 is 0 Å². The van der Waals surface area contributed by atoms with Crippen molar-refractivity contribution in [2.24, 2.45) is 5.92 Å². The molecular weight excluding hydrogens is 268 g/mol. The van der Waals surface area contributed by atoms with E-state index < -0.39 is 0 Å². The van der Waals surface area contributed by atoms with Crippen LogP contribution in [-0.4, -0.2) is 39.3 Å². The van der Waals surface area contributed by atoms with Crippen LogP contribution in [0, 0.1) is 12.8 Å². The van der Waals surface area contributed by atoms with Crippen molar-refractivity contribution < 1.29 is 14.3 Å². The molecule has 1 aliphatic heterocycles. The Labute approximate surface area is 126 Å². The summed E-state index contributed by atoms with van der Waals surface area (Å²) in [6, 6.07) is 5.65. The first kappa shape index (κ1) is 15.6. The molecule has 5 nitrogen and oxygen atoms in total. The van der Waals surface area contributed by atoms with Crippen molar-refractivity contribution in [3.8, 4) is 11.5 Å². The van der Waals surface area contributed by atoms with Crippen LogP contribution < -0.4 is 20.1 Å². The fourth-order valence-corrected chi connectivity index (χ4v) is 2.44. The van der Waals surface area contributed by atoms with Gasteiger partial charge in [0.25, 0.3) is 5.91 Å². The molecule has 1 unspecified atom stereocenters. The zero-order chi connectivity index (χ0) is 15.1. The molecule has 0 aliphatic carbocycles. The van der Waals surface area contributed by atoms with Gasteiger partial charge in [0.15, 0.2) is 18.1 Å². The van der Waals surface area contributed by atoms with Gasteiger partial charge in [-0.2, -0.15) is 0 Å². The number of benzene rings is 1. The first-order chi connectivity index (χ1) is 10.2. The van der Waals surface area contributed by atoms with Crippen LogP contribution in [0.5, 0.6) is 11.5 Å². The number of ether oxygens (including phenoxy) is 2. The molecule has 5 heteroatoms. The molecule has 0 spiro atoms. The Hall–Kier alpha value is -1.75. The van der Waals surface area contributed by atoms with E-state index in [2.05, 4.69) is 10.6 Å². The number of nitrogens with one attached hydrogen (secondary N) is 2. The van der Waals surface area contributed by atoms with Crippen LogP contribution in [0.25, 0.3) is 0 Å². The van der Waals surface area contributed by atoms with Crippen LogP contribution in [0.1, 0.15) is 18.4 Å². The summed E-state index contributed by atoms with van der Waals surface area (Å²) in [6.45, 7) is 4.77. The van der Waals surface area contributed by atoms with Gasteiger partial charge in [0.2, 0.25) is 0 Å². The predicted molar refractivity (Wildman–Crippen MR) is 81.8 cm³/mol. The van der Waals surface area contributed by atoms with Crippen molar-refractivity contribution in [3.05, 3.63) is 23.8 Å². The highest BCUT2D eigenvalue weighted by atomic mass is 16.5. The predicted octanol–water partition coefficient (Wildman–Crippen LogP) is 1.50. The molecule has 1 fully saturated rings. The van der Waals surface area contributed by atoms with Crippen molar-refractivity contribution in [3.63, 3.8) is 0 Å². The van der Waals surface area contributed by atoms with E-state index in [4.69, 9.17) is 9.47 Å². The van der Waals surface area contributed by atoms with Crippen molar-refractivity contribution >= 4 is 5.91 Å². The van der Waals surface area contributed by atoms with Gasteiger partial charge in [-0.05, 0) is 56.5 Å². The summed E-state index contributed by atoms with van der Waals surface area (Å²) >= 11 is 0. The highest BCUT2D eigenvalue weighted by molar-refractivity contribution is 5.77. The third kappa shape index (κ3) is 4.93. The molecule has 1 aliphatic rings. The monoisotopic (exact) mass is 292 g/mol. The second-order valence-corrected chi connectivity index (χ2v) is 5.46. The van der Waals surface area contributed by atoms with E-state index in [1.165, 1.54) is 12.8 Å². The van der Waals surface area contributed by atoms with Gasteiger partial charge in [-0.25, -0.2) is 0 Å². The van der Waals surface area contributed by atoms with Gasteiger partial charge < -0.3 is 20.1 Å². The minimum absolute atomic E-state index is 0.0135. The quantitative estimate of drug-likeness (QED) is 0.834. The Morgan fingerprint density at radius 1 is 1.43 bits per heavy atom. The van der Waals surface area contributed by atoms with E-state index in [-0.39, 0.29) is 12.5 Å². The molecule has 116 valence electrons. The Bertz CT molecular complexity index is 471. The summed E-state index contributed by atoms with van der Waals surface area (Å²) in [5.41, 5.74) is 1.09. The number of carbonyl (C=O) groups excluding carboxylic acids is 1. The smallest absolute Gasteiger partial charge is 0.257 e. The van der Waals surface area contributed by atoms with Crippen molar-refractivity contribution in [2.75, 3.05) is 33.4 Å². The highest BCUT2D eigenvalue weighted by Gasteiger charge is 2.14. The topological polar surface area (TPSA) is 59.6 Å². The lowest BCUT2D eigenvalue weighted by Crippen LogP contribution is -2.39. The van der Waals surface area contributed by atoms with Crippen molar-refractivity contribution in [1.29, 1.82) is 0 Å². The molecule has 0 radical (unpaired) electrons. The van der Waals surface area contributed by atoms with Gasteiger partial charge in [0, 0.05) is 6.54 Å². The molecule has 0 bridgehead atoms. The maximum atomic E-state index is 11.8. The van der Waals surface area contributed by atoms with Crippen LogP contribution in [0.2, 0.25) is 0 Å². The standard InChI is InChI=1S/C16H24N2O3/c1-12-5-6-14(15(8-12)20-2)21-11-16(19)18-10-13-4-3-7-17-9-13/h5-6,8,13,17H,3-4,7,9-11H2,1-2H3,(H,18,19). The van der Waals surface area contributed by atoms with Crippen LogP contribution in [0.4, 0.5) is 0 Å². The van der Waals surface area contributed by atoms with Gasteiger partial charge in [-0.1, -0.05) is 6.07 Å². The second kappa shape index (κ2) is 7.88. The van der Waals surface area contributed by atoms with E-state index in [9.17, 15) is 4.79 Å². The van der Waals surface area contributed by atoms with Crippen LogP contribution in [0.15, 0.2) is 18.2 Å². The summed E-state index contributed by atoms with van der Waals surface area (Å²) in [4.78, 5) is 11.8. The van der Waals surface area contributed by atoms with Crippen molar-refractivity contribution in [2.45, 2.75) is 19.8 Å². The van der Waals surface area contributed by atoms with E-state index in [1.807, 2.05) is 25.1 Å². The molecule has 1 atom stereocenters. The minimum Gasteiger partial charge on any atom is -0.493 e. The SMILES string of the molecule is COc1cc(C)ccc1OCC(=O)NCC1CCCNC1. The average molecular weight is 292 g/mol. The number of rotatable bonds is 6. The first-order valence-electron chi connectivity index (χ1n) is 7.44. The highest BCUT2D eigenvalue weighted by Crippen LogP contribution is 2.27.